The fraction of sp³-hybridized carbons (Fsp3) is 0.200. The van der Waals surface area contributed by atoms with Crippen molar-refractivity contribution in [3.05, 3.63) is 41.0 Å². The molecule has 1 spiro atoms. The first-order chi connectivity index (χ1) is 5.45. The van der Waals surface area contributed by atoms with Crippen molar-refractivity contribution in [2.45, 2.75) is 12.8 Å². The molecule has 2 aliphatic heterocycles. The molecule has 0 radical (unpaired) electrons. The molecule has 2 aliphatic carbocycles. The quantitative estimate of drug-likeness (QED) is 0.560. The normalized spacial score (nSPS) is 34.9. The summed E-state index contributed by atoms with van der Waals surface area (Å²) in [5, 5.41) is 0. The van der Waals surface area contributed by atoms with Crippen LogP contribution in [-0.4, -0.2) is 0 Å². The van der Waals surface area contributed by atoms with Gasteiger partial charge in [-0.05, 0) is 0 Å². The maximum absolute atomic E-state index is 2.40. The van der Waals surface area contributed by atoms with Gasteiger partial charge < -0.3 is 0 Å². The fourth-order valence-corrected chi connectivity index (χ4v) is 12.0. The zero-order valence-corrected chi connectivity index (χ0v) is 7.82. The molecule has 4 rings (SSSR count). The van der Waals surface area contributed by atoms with E-state index in [9.17, 15) is 0 Å². The predicted octanol–water partition coefficient (Wildman–Crippen LogP) is 2.51. The van der Waals surface area contributed by atoms with E-state index in [1.807, 2.05) is 16.7 Å². The van der Waals surface area contributed by atoms with Crippen LogP contribution in [-0.2, 0) is 14.8 Å². The SMILES string of the molecule is C1=C[C]2=[C](C1)[Ru]21[C]2=[C]1CC=C2. The van der Waals surface area contributed by atoms with Gasteiger partial charge in [0.2, 0.25) is 0 Å². The van der Waals surface area contributed by atoms with E-state index < -0.39 is 14.8 Å². The summed E-state index contributed by atoms with van der Waals surface area (Å²) in [4.78, 5) is 0. The first-order valence-corrected chi connectivity index (χ1v) is 7.45. The van der Waals surface area contributed by atoms with Gasteiger partial charge in [0.1, 0.15) is 0 Å². The van der Waals surface area contributed by atoms with Crippen LogP contribution in [0.5, 0.6) is 0 Å². The van der Waals surface area contributed by atoms with Crippen molar-refractivity contribution in [3.63, 3.8) is 0 Å². The Labute approximate surface area is 68.8 Å². The van der Waals surface area contributed by atoms with Crippen LogP contribution >= 0.6 is 0 Å². The Bertz CT molecular complexity index is 365. The molecule has 56 valence electrons. The second-order valence-corrected chi connectivity index (χ2v) is 9.77. The molecule has 0 aromatic heterocycles. The average Bonchev–Trinajstić information content (AvgIpc) is 2.68. The first kappa shape index (κ1) is 5.27. The van der Waals surface area contributed by atoms with Gasteiger partial charge >= 0.3 is 68.6 Å². The van der Waals surface area contributed by atoms with Crippen molar-refractivity contribution in [2.75, 3.05) is 0 Å². The zero-order valence-electron chi connectivity index (χ0n) is 6.08. The Hall–Kier alpha value is -0.417. The van der Waals surface area contributed by atoms with Crippen LogP contribution < -0.4 is 0 Å². The molecule has 0 N–H and O–H groups in total. The van der Waals surface area contributed by atoms with Gasteiger partial charge in [-0.3, -0.25) is 0 Å². The summed E-state index contributed by atoms with van der Waals surface area (Å²) in [6, 6.07) is 0. The predicted molar refractivity (Wildman–Crippen MR) is 41.6 cm³/mol. The van der Waals surface area contributed by atoms with E-state index >= 15 is 0 Å². The van der Waals surface area contributed by atoms with Crippen molar-refractivity contribution < 1.29 is 14.8 Å². The van der Waals surface area contributed by atoms with Crippen LogP contribution in [0.25, 0.3) is 0 Å². The third kappa shape index (κ3) is 0.352. The molecule has 4 aliphatic rings. The van der Waals surface area contributed by atoms with Gasteiger partial charge in [0.25, 0.3) is 0 Å². The topological polar surface area (TPSA) is 0 Å². The molecule has 0 fully saturated rings. The van der Waals surface area contributed by atoms with E-state index in [2.05, 4.69) is 24.3 Å². The standard InChI is InChI=1S/2C5H4.Ru/c2*1-2-4-5-3-1;/h2*1-2H,3H2;. The summed E-state index contributed by atoms with van der Waals surface area (Å²) in [5.74, 6) is 0. The summed E-state index contributed by atoms with van der Waals surface area (Å²) < 4.78 is 7.40. The molecule has 1 heteroatoms. The second-order valence-electron chi connectivity index (χ2n) is 3.19. The summed E-state index contributed by atoms with van der Waals surface area (Å²) in [6.07, 6.45) is 12.1. The van der Waals surface area contributed by atoms with Gasteiger partial charge in [0, 0.05) is 0 Å². The van der Waals surface area contributed by atoms with Crippen LogP contribution in [0.2, 0.25) is 0 Å². The van der Waals surface area contributed by atoms with Crippen molar-refractivity contribution in [1.29, 1.82) is 0 Å². The molecule has 0 saturated heterocycles. The molecule has 0 bridgehead atoms. The molecule has 0 atom stereocenters. The Morgan fingerprint density at radius 2 is 1.45 bits per heavy atom. The second kappa shape index (κ2) is 1.27. The molecule has 2 heterocycles. The molecule has 0 nitrogen and oxygen atoms in total. The van der Waals surface area contributed by atoms with Crippen molar-refractivity contribution in [1.82, 2.24) is 0 Å². The molecule has 11 heavy (non-hydrogen) atoms. The van der Waals surface area contributed by atoms with Gasteiger partial charge in [-0.1, -0.05) is 0 Å². The van der Waals surface area contributed by atoms with Gasteiger partial charge in [-0.25, -0.2) is 0 Å². The van der Waals surface area contributed by atoms with E-state index in [1.54, 1.807) is 0 Å². The summed E-state index contributed by atoms with van der Waals surface area (Å²) in [7, 11) is 0. The Kier molecular flexibility index (Phi) is 0.608. The van der Waals surface area contributed by atoms with Crippen LogP contribution in [0.3, 0.4) is 0 Å². The third-order valence-electron chi connectivity index (χ3n) is 2.75. The number of hydrogen-bond acceptors (Lipinski definition) is 0. The molecule has 0 aromatic carbocycles. The van der Waals surface area contributed by atoms with Crippen LogP contribution in [0.15, 0.2) is 41.0 Å². The summed E-state index contributed by atoms with van der Waals surface area (Å²) in [6.45, 7) is 0. The molecular weight excluding hydrogens is 221 g/mol. The van der Waals surface area contributed by atoms with Crippen LogP contribution in [0.1, 0.15) is 12.8 Å². The number of fused-ring (bicyclic) bond motifs is 4. The van der Waals surface area contributed by atoms with E-state index in [0.717, 1.165) is 0 Å². The van der Waals surface area contributed by atoms with Gasteiger partial charge in [0.15, 0.2) is 0 Å². The molecule has 0 amide bonds. The van der Waals surface area contributed by atoms with Gasteiger partial charge in [-0.2, -0.15) is 0 Å². The van der Waals surface area contributed by atoms with Gasteiger partial charge in [0.05, 0.1) is 0 Å². The van der Waals surface area contributed by atoms with Crippen molar-refractivity contribution >= 4 is 0 Å². The number of hydrogen-bond donors (Lipinski definition) is 0. The molecule has 0 aromatic rings. The third-order valence-corrected chi connectivity index (χ3v) is 11.1. The molecule has 0 unspecified atom stereocenters. The fourth-order valence-electron chi connectivity index (χ4n) is 2.22. The number of allylic oxidation sites excluding steroid dienone is 8. The van der Waals surface area contributed by atoms with E-state index in [-0.39, 0.29) is 0 Å². The van der Waals surface area contributed by atoms with E-state index in [0.29, 0.717) is 0 Å². The Morgan fingerprint density at radius 3 is 1.82 bits per heavy atom. The molecule has 0 saturated carbocycles. The van der Waals surface area contributed by atoms with Crippen molar-refractivity contribution in [2.24, 2.45) is 0 Å². The monoisotopic (exact) mass is 230 g/mol. The van der Waals surface area contributed by atoms with Crippen molar-refractivity contribution in [3.8, 4) is 0 Å². The maximum atomic E-state index is 2.40. The average molecular weight is 229 g/mol. The van der Waals surface area contributed by atoms with E-state index in [4.69, 9.17) is 0 Å². The van der Waals surface area contributed by atoms with Gasteiger partial charge in [-0.15, -0.1) is 0 Å². The first-order valence-electron chi connectivity index (χ1n) is 3.97. The minimum absolute atomic E-state index is 1.23. The number of rotatable bonds is 0. The zero-order chi connectivity index (χ0) is 7.05. The van der Waals surface area contributed by atoms with Crippen LogP contribution in [0, 0.1) is 0 Å². The van der Waals surface area contributed by atoms with E-state index in [1.165, 1.54) is 12.8 Å². The molecular formula is C10H8Ru. The summed E-state index contributed by atoms with van der Waals surface area (Å²) in [5.41, 5.74) is 0. The Morgan fingerprint density at radius 1 is 0.909 bits per heavy atom. The summed E-state index contributed by atoms with van der Waals surface area (Å²) >= 11 is -1.23. The van der Waals surface area contributed by atoms with Crippen LogP contribution in [0.4, 0.5) is 0 Å². The Balaban J connectivity index is 1.84. The minimum atomic E-state index is -1.23.